The van der Waals surface area contributed by atoms with E-state index in [1.807, 2.05) is 0 Å². The van der Waals surface area contributed by atoms with Crippen LogP contribution in [0.5, 0.6) is 0 Å². The van der Waals surface area contributed by atoms with Crippen LogP contribution >= 0.6 is 23.2 Å². The molecule has 4 N–H and O–H groups in total. The number of rotatable bonds is 11. The van der Waals surface area contributed by atoms with Crippen LogP contribution in [0.1, 0.15) is 76.2 Å². The van der Waals surface area contributed by atoms with E-state index >= 15 is 0 Å². The molecule has 2 amide bonds. The smallest absolute Gasteiger partial charge is 0.255 e. The Morgan fingerprint density at radius 3 is 2.46 bits per heavy atom. The largest absolute Gasteiger partial charge is 0.396 e. The average molecular weight is 691 g/mol. The zero-order valence-electron chi connectivity index (χ0n) is 25.2. The van der Waals surface area contributed by atoms with E-state index in [1.165, 1.54) is 0 Å². The number of aliphatic hydroxyl groups excluding tert-OH is 2. The molecule has 4 atom stereocenters. The zero-order valence-corrected chi connectivity index (χ0v) is 27.6. The maximum absolute atomic E-state index is 14.4. The number of carbonyl (C=O) groups is 2. The molecule has 3 aromatic rings. The van der Waals surface area contributed by atoms with Gasteiger partial charge in [0.15, 0.2) is 0 Å². The predicted octanol–water partition coefficient (Wildman–Crippen LogP) is 4.45. The number of benzene rings is 3. The number of hydrogen-bond donors (Lipinski definition) is 4. The number of amides is 2. The summed E-state index contributed by atoms with van der Waals surface area (Å²) < 4.78 is 27.5. The Balaban J connectivity index is 1.53. The number of aliphatic hydroxyl groups is 2. The van der Waals surface area contributed by atoms with E-state index in [1.54, 1.807) is 71.6 Å². The number of hydroxylamine groups is 1. The molecule has 2 aliphatic rings. The van der Waals surface area contributed by atoms with Gasteiger partial charge in [-0.1, -0.05) is 84.6 Å². The van der Waals surface area contributed by atoms with E-state index in [4.69, 9.17) is 28.0 Å². The van der Waals surface area contributed by atoms with Crippen LogP contribution in [-0.4, -0.2) is 66.9 Å². The topological polar surface area (TPSA) is 145 Å². The second kappa shape index (κ2) is 14.8. The monoisotopic (exact) mass is 689 g/mol. The number of nitrogens with one attached hydrogen (secondary N) is 2. The maximum atomic E-state index is 14.4. The lowest BCUT2D eigenvalue weighted by atomic mass is 9.76. The average Bonchev–Trinajstić information content (AvgIpc) is 3.02. The first kappa shape index (κ1) is 34.3. The molecule has 3 aromatic carbocycles. The van der Waals surface area contributed by atoms with Gasteiger partial charge in [0.05, 0.1) is 38.0 Å². The van der Waals surface area contributed by atoms with Crippen molar-refractivity contribution in [3.63, 3.8) is 0 Å². The van der Waals surface area contributed by atoms with Gasteiger partial charge in [-0.25, -0.2) is 18.6 Å². The standard InChI is InChI=1S/C33H37Cl2N3O7S/c1-46(43,44)37-28-11-4-5-12-29(28)38-31(26-14-13-23(34)16-27(26)35)30(24-9-2-3-10-25(24)33(38)42)32(41)36-45-19-20-7-6-8-21(15-20)22(17-39)18-40/h2-3,6-10,13-16,22,28-31,37,39-40H,4-5,11-12,17-19H2,1H3,(H,36,41)/t28-,29?,30+,31-/m0/s1. The first-order valence-corrected chi connectivity index (χ1v) is 17.7. The Labute approximate surface area is 278 Å². The molecule has 46 heavy (non-hydrogen) atoms. The summed E-state index contributed by atoms with van der Waals surface area (Å²) in [5.74, 6) is -2.28. The number of hydrogen-bond acceptors (Lipinski definition) is 7. The fourth-order valence-corrected chi connectivity index (χ4v) is 7.93. The molecule has 13 heteroatoms. The van der Waals surface area contributed by atoms with Crippen molar-refractivity contribution < 1.29 is 33.1 Å². The van der Waals surface area contributed by atoms with E-state index in [2.05, 4.69) is 10.2 Å². The van der Waals surface area contributed by atoms with Gasteiger partial charge in [-0.05, 0) is 53.3 Å². The van der Waals surface area contributed by atoms with Gasteiger partial charge in [0.25, 0.3) is 11.8 Å². The highest BCUT2D eigenvalue weighted by atomic mass is 35.5. The van der Waals surface area contributed by atoms with Crippen molar-refractivity contribution >= 4 is 45.0 Å². The van der Waals surface area contributed by atoms with Gasteiger partial charge in [0, 0.05) is 33.6 Å². The highest BCUT2D eigenvalue weighted by Crippen LogP contribution is 2.47. The molecule has 1 heterocycles. The van der Waals surface area contributed by atoms with E-state index < -0.39 is 45.9 Å². The van der Waals surface area contributed by atoms with Gasteiger partial charge in [0.2, 0.25) is 10.0 Å². The van der Waals surface area contributed by atoms with Crippen LogP contribution in [0.2, 0.25) is 10.0 Å². The molecular formula is C33H37Cl2N3O7S. The van der Waals surface area contributed by atoms with E-state index in [0.29, 0.717) is 40.1 Å². The molecule has 10 nitrogen and oxygen atoms in total. The Hall–Kier alpha value is -3.03. The molecule has 1 unspecified atom stereocenters. The van der Waals surface area contributed by atoms with Crippen molar-refractivity contribution in [2.75, 3.05) is 19.5 Å². The van der Waals surface area contributed by atoms with Crippen molar-refractivity contribution in [1.82, 2.24) is 15.1 Å². The molecule has 0 spiro atoms. The van der Waals surface area contributed by atoms with Gasteiger partial charge in [-0.15, -0.1) is 0 Å². The summed E-state index contributed by atoms with van der Waals surface area (Å²) in [6.07, 6.45) is 3.69. The minimum Gasteiger partial charge on any atom is -0.396 e. The van der Waals surface area contributed by atoms with Crippen LogP contribution in [0.3, 0.4) is 0 Å². The third kappa shape index (κ3) is 7.57. The highest BCUT2D eigenvalue weighted by molar-refractivity contribution is 7.88. The number of sulfonamides is 1. The summed E-state index contributed by atoms with van der Waals surface area (Å²) in [5.41, 5.74) is 5.33. The van der Waals surface area contributed by atoms with Crippen LogP contribution in [-0.2, 0) is 26.3 Å². The van der Waals surface area contributed by atoms with Crippen LogP contribution in [0.15, 0.2) is 66.7 Å². The lowest BCUT2D eigenvalue weighted by molar-refractivity contribution is -0.138. The molecule has 0 bridgehead atoms. The molecule has 1 fully saturated rings. The van der Waals surface area contributed by atoms with Crippen LogP contribution in [0.25, 0.3) is 0 Å². The Morgan fingerprint density at radius 1 is 1.00 bits per heavy atom. The summed E-state index contributed by atoms with van der Waals surface area (Å²) in [6, 6.07) is 16.9. The maximum Gasteiger partial charge on any atom is 0.255 e. The van der Waals surface area contributed by atoms with E-state index in [0.717, 1.165) is 24.7 Å². The molecule has 1 aliphatic heterocycles. The first-order valence-electron chi connectivity index (χ1n) is 15.1. The summed E-state index contributed by atoms with van der Waals surface area (Å²) in [7, 11) is -3.61. The molecule has 1 aliphatic carbocycles. The SMILES string of the molecule is CS(=O)(=O)N[C@H]1CCCCC1N1C(=O)c2ccccc2[C@@H](C(=O)NOCc2cccc(C(CO)CO)c2)[C@@H]1c1ccc(Cl)cc1Cl. The Kier molecular flexibility index (Phi) is 11.0. The van der Waals surface area contributed by atoms with Crippen molar-refractivity contribution in [2.24, 2.45) is 0 Å². The Bertz CT molecular complexity index is 1690. The fourth-order valence-electron chi connectivity index (χ4n) is 6.59. The molecule has 5 rings (SSSR count). The molecular weight excluding hydrogens is 653 g/mol. The minimum atomic E-state index is -3.61. The second-order valence-electron chi connectivity index (χ2n) is 11.8. The lowest BCUT2D eigenvalue weighted by Gasteiger charge is -2.49. The van der Waals surface area contributed by atoms with Crippen LogP contribution in [0.4, 0.5) is 0 Å². The predicted molar refractivity (Wildman–Crippen MR) is 175 cm³/mol. The third-order valence-corrected chi connectivity index (χ3v) is 9.96. The number of carbonyl (C=O) groups excluding carboxylic acids is 2. The fraction of sp³-hybridized carbons (Fsp3) is 0.394. The van der Waals surface area contributed by atoms with Crippen LogP contribution in [0, 0.1) is 0 Å². The molecule has 0 saturated heterocycles. The van der Waals surface area contributed by atoms with Crippen molar-refractivity contribution in [3.8, 4) is 0 Å². The number of fused-ring (bicyclic) bond motifs is 1. The summed E-state index contributed by atoms with van der Waals surface area (Å²) in [4.78, 5) is 35.9. The van der Waals surface area contributed by atoms with Gasteiger partial charge in [0.1, 0.15) is 0 Å². The minimum absolute atomic E-state index is 0.00445. The molecule has 246 valence electrons. The Morgan fingerprint density at radius 2 is 1.74 bits per heavy atom. The second-order valence-corrected chi connectivity index (χ2v) is 14.4. The molecule has 0 aromatic heterocycles. The number of halogens is 2. The normalized spacial score (nSPS) is 21.7. The zero-order chi connectivity index (χ0) is 33.0. The van der Waals surface area contributed by atoms with E-state index in [9.17, 15) is 28.2 Å². The van der Waals surface area contributed by atoms with Gasteiger partial charge >= 0.3 is 0 Å². The highest BCUT2D eigenvalue weighted by Gasteiger charge is 2.49. The first-order chi connectivity index (χ1) is 22.0. The molecule has 1 saturated carbocycles. The lowest BCUT2D eigenvalue weighted by Crippen LogP contribution is -2.59. The van der Waals surface area contributed by atoms with Gasteiger partial charge in [-0.3, -0.25) is 14.4 Å². The summed E-state index contributed by atoms with van der Waals surface area (Å²) in [5, 5.41) is 19.8. The van der Waals surface area contributed by atoms with Gasteiger partial charge < -0.3 is 15.1 Å². The molecule has 0 radical (unpaired) electrons. The number of nitrogens with zero attached hydrogens (tertiary/aromatic N) is 1. The quantitative estimate of drug-likeness (QED) is 0.218. The van der Waals surface area contributed by atoms with Crippen molar-refractivity contribution in [3.05, 3.63) is 105 Å². The van der Waals surface area contributed by atoms with E-state index in [-0.39, 0.29) is 30.8 Å². The summed E-state index contributed by atoms with van der Waals surface area (Å²) >= 11 is 13.0. The summed E-state index contributed by atoms with van der Waals surface area (Å²) in [6.45, 7) is -0.441. The van der Waals surface area contributed by atoms with Crippen LogP contribution < -0.4 is 10.2 Å². The van der Waals surface area contributed by atoms with Gasteiger partial charge in [-0.2, -0.15) is 0 Å². The van der Waals surface area contributed by atoms with Crippen molar-refractivity contribution in [2.45, 2.75) is 62.3 Å². The third-order valence-electron chi connectivity index (χ3n) is 8.67. The van der Waals surface area contributed by atoms with Crippen molar-refractivity contribution in [1.29, 1.82) is 0 Å².